The minimum atomic E-state index is -4.52. The minimum Gasteiger partial charge on any atom is -0.497 e. The van der Waals surface area contributed by atoms with E-state index in [1.807, 2.05) is 0 Å². The van der Waals surface area contributed by atoms with Crippen LogP contribution in [0.4, 0.5) is 13.2 Å². The fourth-order valence-corrected chi connectivity index (χ4v) is 6.21. The number of hydrogen-bond donors (Lipinski definition) is 2. The third-order valence-corrected chi connectivity index (χ3v) is 8.86. The van der Waals surface area contributed by atoms with Crippen molar-refractivity contribution in [1.82, 2.24) is 10.3 Å². The standard InChI is InChI=1S/C31H27F3N2O7S/c1-18-14-27(29(37)36-31(2,30(38)39)43-17-19-4-9-22(42-3)10-5-19)35-16-25(18)28(24-15-21(33)8-13-26(24)34)44(40,41)23-11-6-20(32)7-12-23/h4-16,28H,17H2,1-3H3,(H,36,37)(H,38,39). The highest BCUT2D eigenvalue weighted by Crippen LogP contribution is 2.38. The zero-order chi connectivity index (χ0) is 32.2. The molecule has 230 valence electrons. The molecule has 1 heterocycles. The van der Waals surface area contributed by atoms with E-state index in [1.165, 1.54) is 20.1 Å². The Hall–Kier alpha value is -4.75. The number of pyridine rings is 1. The number of amides is 1. The SMILES string of the molecule is COc1ccc(COC(C)(NC(=O)c2cc(C)c(C(c3cc(F)ccc3F)S(=O)(=O)c3ccc(F)cc3)cn2)C(=O)O)cc1. The summed E-state index contributed by atoms with van der Waals surface area (Å²) in [5, 5.41) is 10.3. The Labute approximate surface area is 251 Å². The molecule has 44 heavy (non-hydrogen) atoms. The zero-order valence-electron chi connectivity index (χ0n) is 23.7. The lowest BCUT2D eigenvalue weighted by Gasteiger charge is -2.26. The van der Waals surface area contributed by atoms with Crippen LogP contribution in [0.1, 0.15) is 44.9 Å². The van der Waals surface area contributed by atoms with Gasteiger partial charge in [0.05, 0.1) is 18.6 Å². The molecule has 0 aliphatic carbocycles. The summed E-state index contributed by atoms with van der Waals surface area (Å²) in [5.74, 6) is -4.50. The maximum atomic E-state index is 15.0. The predicted octanol–water partition coefficient (Wildman–Crippen LogP) is 5.13. The smallest absolute Gasteiger partial charge is 0.357 e. The van der Waals surface area contributed by atoms with Crippen molar-refractivity contribution in [3.8, 4) is 5.75 Å². The lowest BCUT2D eigenvalue weighted by atomic mass is 10.0. The van der Waals surface area contributed by atoms with E-state index in [9.17, 15) is 36.3 Å². The monoisotopic (exact) mass is 628 g/mol. The quantitative estimate of drug-likeness (QED) is 0.173. The summed E-state index contributed by atoms with van der Waals surface area (Å²) >= 11 is 0. The number of rotatable bonds is 11. The molecule has 0 aliphatic heterocycles. The van der Waals surface area contributed by atoms with Crippen LogP contribution >= 0.6 is 0 Å². The summed E-state index contributed by atoms with van der Waals surface area (Å²) in [5.41, 5.74) is -2.37. The molecule has 0 fully saturated rings. The van der Waals surface area contributed by atoms with Gasteiger partial charge in [-0.1, -0.05) is 12.1 Å². The van der Waals surface area contributed by atoms with E-state index in [4.69, 9.17) is 9.47 Å². The van der Waals surface area contributed by atoms with Crippen molar-refractivity contribution in [1.29, 1.82) is 0 Å². The van der Waals surface area contributed by atoms with Crippen molar-refractivity contribution >= 4 is 21.7 Å². The van der Waals surface area contributed by atoms with Crippen molar-refractivity contribution in [2.75, 3.05) is 7.11 Å². The van der Waals surface area contributed by atoms with Crippen LogP contribution in [0.3, 0.4) is 0 Å². The molecule has 3 aromatic carbocycles. The topological polar surface area (TPSA) is 132 Å². The Bertz CT molecular complexity index is 1800. The summed E-state index contributed by atoms with van der Waals surface area (Å²) in [6.07, 6.45) is 1.01. The molecular formula is C31H27F3N2O7S. The van der Waals surface area contributed by atoms with Crippen molar-refractivity contribution in [3.05, 3.63) is 124 Å². The summed E-state index contributed by atoms with van der Waals surface area (Å²) in [4.78, 5) is 28.8. The molecule has 1 aromatic heterocycles. The first-order valence-electron chi connectivity index (χ1n) is 13.0. The van der Waals surface area contributed by atoms with Crippen LogP contribution in [0.2, 0.25) is 0 Å². The minimum absolute atomic E-state index is 0.0906. The highest BCUT2D eigenvalue weighted by atomic mass is 32.2. The van der Waals surface area contributed by atoms with Gasteiger partial charge in [0.25, 0.3) is 5.91 Å². The molecule has 1 amide bonds. The second kappa shape index (κ2) is 12.9. The van der Waals surface area contributed by atoms with E-state index < -0.39 is 55.7 Å². The van der Waals surface area contributed by atoms with E-state index in [0.29, 0.717) is 11.3 Å². The number of nitrogens with zero attached hydrogens (tertiary/aromatic N) is 1. The number of carboxylic acids is 1. The Morgan fingerprint density at radius 2 is 1.59 bits per heavy atom. The van der Waals surface area contributed by atoms with Crippen LogP contribution in [0.5, 0.6) is 5.75 Å². The number of carboxylic acid groups (broad SMARTS) is 1. The molecule has 0 aliphatic rings. The number of sulfone groups is 1. The lowest BCUT2D eigenvalue weighted by Crippen LogP contribution is -2.54. The molecule has 2 atom stereocenters. The number of methoxy groups -OCH3 is 1. The summed E-state index contributed by atoms with van der Waals surface area (Å²) in [7, 11) is -3.02. The Morgan fingerprint density at radius 3 is 2.18 bits per heavy atom. The van der Waals surface area contributed by atoms with Gasteiger partial charge in [-0.15, -0.1) is 0 Å². The molecule has 2 N–H and O–H groups in total. The van der Waals surface area contributed by atoms with E-state index in [2.05, 4.69) is 10.3 Å². The third-order valence-electron chi connectivity index (χ3n) is 6.81. The fourth-order valence-electron chi connectivity index (χ4n) is 4.32. The number of halogens is 3. The molecule has 0 bridgehead atoms. The first-order chi connectivity index (χ1) is 20.7. The Balaban J connectivity index is 1.67. The second-order valence-corrected chi connectivity index (χ2v) is 11.9. The largest absolute Gasteiger partial charge is 0.497 e. The van der Waals surface area contributed by atoms with Crippen molar-refractivity contribution in [2.24, 2.45) is 0 Å². The fraction of sp³-hybridized carbons (Fsp3) is 0.194. The van der Waals surface area contributed by atoms with E-state index in [-0.39, 0.29) is 28.3 Å². The number of ether oxygens (including phenoxy) is 2. The lowest BCUT2D eigenvalue weighted by molar-refractivity contribution is -0.168. The Kier molecular flexibility index (Phi) is 9.40. The van der Waals surface area contributed by atoms with Gasteiger partial charge in [-0.05, 0) is 91.2 Å². The van der Waals surface area contributed by atoms with Gasteiger partial charge in [0, 0.05) is 11.8 Å². The predicted molar refractivity (Wildman–Crippen MR) is 152 cm³/mol. The molecule has 9 nitrogen and oxygen atoms in total. The van der Waals surface area contributed by atoms with Gasteiger partial charge in [0.15, 0.2) is 9.84 Å². The first-order valence-corrected chi connectivity index (χ1v) is 14.5. The average molecular weight is 629 g/mol. The maximum absolute atomic E-state index is 15.0. The van der Waals surface area contributed by atoms with Crippen LogP contribution in [-0.2, 0) is 26.0 Å². The van der Waals surface area contributed by atoms with Crippen LogP contribution in [0, 0.1) is 24.4 Å². The third kappa shape index (κ3) is 6.90. The van der Waals surface area contributed by atoms with Gasteiger partial charge in [-0.3, -0.25) is 9.78 Å². The summed E-state index contributed by atoms with van der Waals surface area (Å²) in [6.45, 7) is 2.38. The summed E-state index contributed by atoms with van der Waals surface area (Å²) < 4.78 is 80.9. The highest BCUT2D eigenvalue weighted by Gasteiger charge is 2.38. The number of aryl methyl sites for hydroxylation is 1. The van der Waals surface area contributed by atoms with E-state index >= 15 is 0 Å². The molecule has 4 aromatic rings. The molecular weight excluding hydrogens is 601 g/mol. The number of carbonyl (C=O) groups is 2. The van der Waals surface area contributed by atoms with Crippen molar-refractivity contribution in [3.63, 3.8) is 0 Å². The van der Waals surface area contributed by atoms with Crippen LogP contribution < -0.4 is 10.1 Å². The molecule has 4 rings (SSSR count). The number of aliphatic carboxylic acids is 1. The second-order valence-electron chi connectivity index (χ2n) is 9.90. The van der Waals surface area contributed by atoms with Gasteiger partial charge in [0.1, 0.15) is 34.1 Å². The normalized spacial score (nSPS) is 13.5. The van der Waals surface area contributed by atoms with Gasteiger partial charge in [-0.25, -0.2) is 26.4 Å². The first kappa shape index (κ1) is 32.2. The van der Waals surface area contributed by atoms with Crippen LogP contribution in [-0.4, -0.2) is 43.2 Å². The van der Waals surface area contributed by atoms with Gasteiger partial charge < -0.3 is 19.9 Å². The number of carbonyl (C=O) groups excluding carboxylic acids is 1. The number of hydrogen-bond acceptors (Lipinski definition) is 7. The number of aromatic nitrogens is 1. The highest BCUT2D eigenvalue weighted by molar-refractivity contribution is 7.92. The van der Waals surface area contributed by atoms with Gasteiger partial charge in [-0.2, -0.15) is 0 Å². The molecule has 0 saturated heterocycles. The maximum Gasteiger partial charge on any atom is 0.357 e. The molecule has 0 saturated carbocycles. The summed E-state index contributed by atoms with van der Waals surface area (Å²) in [6, 6.07) is 14.0. The zero-order valence-corrected chi connectivity index (χ0v) is 24.5. The van der Waals surface area contributed by atoms with Crippen LogP contribution in [0.25, 0.3) is 0 Å². The molecule has 0 radical (unpaired) electrons. The molecule has 0 spiro atoms. The Morgan fingerprint density at radius 1 is 0.955 bits per heavy atom. The van der Waals surface area contributed by atoms with E-state index in [0.717, 1.165) is 55.6 Å². The van der Waals surface area contributed by atoms with E-state index in [1.54, 1.807) is 24.3 Å². The van der Waals surface area contributed by atoms with Gasteiger partial charge in [0.2, 0.25) is 5.72 Å². The molecule has 13 heteroatoms. The average Bonchev–Trinajstić information content (AvgIpc) is 2.99. The number of benzene rings is 3. The van der Waals surface area contributed by atoms with Crippen molar-refractivity contribution in [2.45, 2.75) is 36.3 Å². The van der Waals surface area contributed by atoms with Crippen LogP contribution in [0.15, 0.2) is 83.9 Å². The number of nitrogens with one attached hydrogen (secondary N) is 1. The van der Waals surface area contributed by atoms with Gasteiger partial charge >= 0.3 is 5.97 Å². The molecule has 2 unspecified atom stereocenters. The van der Waals surface area contributed by atoms with Crippen molar-refractivity contribution < 1.29 is 45.8 Å².